The normalized spacial score (nSPS) is 16.0. The number of nitrogens with one attached hydrogen (secondary N) is 2. The fourth-order valence-electron chi connectivity index (χ4n) is 2.89. The lowest BCUT2D eigenvalue weighted by Crippen LogP contribution is -2.49. The molecule has 3 rings (SSSR count). The van der Waals surface area contributed by atoms with E-state index in [2.05, 4.69) is 15.3 Å². The van der Waals surface area contributed by atoms with E-state index < -0.39 is 29.6 Å². The van der Waals surface area contributed by atoms with E-state index >= 15 is 0 Å². The number of hydrogen-bond donors (Lipinski definition) is 3. The SMILES string of the molecule is O=C(NCCC(=O)N1Cc2[nH]cnc2CC1C(=O)O)c1ccccc1F. The summed E-state index contributed by atoms with van der Waals surface area (Å²) in [4.78, 5) is 44.0. The highest BCUT2D eigenvalue weighted by atomic mass is 19.1. The van der Waals surface area contributed by atoms with Gasteiger partial charge in [0, 0.05) is 19.4 Å². The van der Waals surface area contributed by atoms with Crippen molar-refractivity contribution in [2.75, 3.05) is 6.54 Å². The Bertz CT molecular complexity index is 851. The summed E-state index contributed by atoms with van der Waals surface area (Å²) in [7, 11) is 0. The van der Waals surface area contributed by atoms with E-state index in [1.54, 1.807) is 0 Å². The molecule has 0 aliphatic carbocycles. The third-order valence-electron chi connectivity index (χ3n) is 4.25. The van der Waals surface area contributed by atoms with Crippen LogP contribution in [-0.4, -0.2) is 50.3 Å². The molecule has 2 heterocycles. The lowest BCUT2D eigenvalue weighted by atomic mass is 10.0. The van der Waals surface area contributed by atoms with Gasteiger partial charge in [-0.1, -0.05) is 12.1 Å². The minimum atomic E-state index is -1.11. The Balaban J connectivity index is 1.60. The van der Waals surface area contributed by atoms with E-state index in [9.17, 15) is 23.9 Å². The number of imidazole rings is 1. The van der Waals surface area contributed by atoms with Gasteiger partial charge in [0.1, 0.15) is 11.9 Å². The monoisotopic (exact) mass is 360 g/mol. The van der Waals surface area contributed by atoms with Gasteiger partial charge < -0.3 is 20.3 Å². The number of carboxylic acids is 1. The summed E-state index contributed by atoms with van der Waals surface area (Å²) in [6.07, 6.45) is 1.50. The second-order valence-electron chi connectivity index (χ2n) is 5.89. The van der Waals surface area contributed by atoms with Gasteiger partial charge in [0.2, 0.25) is 5.91 Å². The first kappa shape index (κ1) is 17.6. The summed E-state index contributed by atoms with van der Waals surface area (Å²) in [6.45, 7) is 0.0943. The van der Waals surface area contributed by atoms with Gasteiger partial charge in [-0.2, -0.15) is 0 Å². The quantitative estimate of drug-likeness (QED) is 0.726. The van der Waals surface area contributed by atoms with Gasteiger partial charge in [0.15, 0.2) is 0 Å². The van der Waals surface area contributed by atoms with Crippen LogP contribution in [0.25, 0.3) is 0 Å². The van der Waals surface area contributed by atoms with E-state index in [-0.39, 0.29) is 31.5 Å². The highest BCUT2D eigenvalue weighted by Crippen LogP contribution is 2.21. The van der Waals surface area contributed by atoms with Crippen LogP contribution in [0, 0.1) is 5.82 Å². The van der Waals surface area contributed by atoms with E-state index in [4.69, 9.17) is 0 Å². The number of aliphatic carboxylic acids is 1. The summed E-state index contributed by atoms with van der Waals surface area (Å²) in [5.74, 6) is -2.79. The maximum atomic E-state index is 13.6. The molecule has 26 heavy (non-hydrogen) atoms. The fraction of sp³-hybridized carbons (Fsp3) is 0.294. The first-order valence-electron chi connectivity index (χ1n) is 8.03. The van der Waals surface area contributed by atoms with Crippen LogP contribution in [0.5, 0.6) is 0 Å². The minimum Gasteiger partial charge on any atom is -0.480 e. The third kappa shape index (κ3) is 3.56. The number of nitrogens with zero attached hydrogens (tertiary/aromatic N) is 2. The van der Waals surface area contributed by atoms with Crippen LogP contribution in [-0.2, 0) is 22.6 Å². The van der Waals surface area contributed by atoms with Gasteiger partial charge in [-0.25, -0.2) is 14.2 Å². The molecule has 2 aromatic rings. The molecule has 136 valence electrons. The van der Waals surface area contributed by atoms with Crippen molar-refractivity contribution in [3.8, 4) is 0 Å². The third-order valence-corrected chi connectivity index (χ3v) is 4.25. The Hall–Kier alpha value is -3.23. The summed E-state index contributed by atoms with van der Waals surface area (Å²) in [5, 5.41) is 11.8. The highest BCUT2D eigenvalue weighted by molar-refractivity contribution is 5.94. The van der Waals surface area contributed by atoms with E-state index in [0.717, 1.165) is 0 Å². The Morgan fingerprint density at radius 1 is 1.35 bits per heavy atom. The molecule has 9 heteroatoms. The molecular formula is C17H17FN4O4. The molecule has 8 nitrogen and oxygen atoms in total. The highest BCUT2D eigenvalue weighted by Gasteiger charge is 2.35. The molecule has 1 unspecified atom stereocenters. The van der Waals surface area contributed by atoms with Crippen molar-refractivity contribution in [3.05, 3.63) is 53.4 Å². The lowest BCUT2D eigenvalue weighted by Gasteiger charge is -2.32. The molecule has 3 N–H and O–H groups in total. The van der Waals surface area contributed by atoms with Gasteiger partial charge >= 0.3 is 5.97 Å². The Kier molecular flexibility index (Phi) is 4.97. The van der Waals surface area contributed by atoms with E-state index in [1.165, 1.54) is 35.5 Å². The van der Waals surface area contributed by atoms with E-state index in [1.807, 2.05) is 0 Å². The number of hydrogen-bond acceptors (Lipinski definition) is 4. The van der Waals surface area contributed by atoms with Crippen LogP contribution < -0.4 is 5.32 Å². The van der Waals surface area contributed by atoms with Crippen LogP contribution >= 0.6 is 0 Å². The first-order valence-corrected chi connectivity index (χ1v) is 8.03. The van der Waals surface area contributed by atoms with Crippen molar-refractivity contribution in [3.63, 3.8) is 0 Å². The summed E-state index contributed by atoms with van der Waals surface area (Å²) in [6, 6.07) is 4.53. The smallest absolute Gasteiger partial charge is 0.326 e. The molecule has 1 aromatic heterocycles. The average molecular weight is 360 g/mol. The zero-order valence-corrected chi connectivity index (χ0v) is 13.7. The predicted octanol–water partition coefficient (Wildman–Crippen LogP) is 0.707. The maximum Gasteiger partial charge on any atom is 0.326 e. The molecule has 0 bridgehead atoms. The number of rotatable bonds is 5. The van der Waals surface area contributed by atoms with Gasteiger partial charge in [-0.05, 0) is 12.1 Å². The number of H-pyrrole nitrogens is 1. The summed E-state index contributed by atoms with van der Waals surface area (Å²) >= 11 is 0. The van der Waals surface area contributed by atoms with Crippen LogP contribution in [0.1, 0.15) is 28.2 Å². The number of carboxylic acid groups (broad SMARTS) is 1. The number of aromatic nitrogens is 2. The second-order valence-corrected chi connectivity index (χ2v) is 5.89. The molecule has 0 saturated carbocycles. The molecule has 1 aliphatic heterocycles. The molecule has 0 radical (unpaired) electrons. The topological polar surface area (TPSA) is 115 Å². The first-order chi connectivity index (χ1) is 12.5. The summed E-state index contributed by atoms with van der Waals surface area (Å²) in [5.41, 5.74) is 1.23. The average Bonchev–Trinajstić information content (AvgIpc) is 3.08. The van der Waals surface area contributed by atoms with Crippen molar-refractivity contribution in [1.29, 1.82) is 0 Å². The standard InChI is InChI=1S/C17H17FN4O4/c18-11-4-2-1-3-10(11)16(24)19-6-5-15(23)22-8-13-12(20-9-21-13)7-14(22)17(25)26/h1-4,9,14H,5-8H2,(H,19,24)(H,20,21)(H,25,26). The molecule has 1 atom stereocenters. The van der Waals surface area contributed by atoms with Crippen LogP contribution in [0.2, 0.25) is 0 Å². The Morgan fingerprint density at radius 3 is 2.85 bits per heavy atom. The van der Waals surface area contributed by atoms with Gasteiger partial charge in [-0.15, -0.1) is 0 Å². The Morgan fingerprint density at radius 2 is 2.12 bits per heavy atom. The number of amides is 2. The number of aromatic amines is 1. The maximum absolute atomic E-state index is 13.6. The molecule has 2 amide bonds. The predicted molar refractivity (Wildman–Crippen MR) is 87.6 cm³/mol. The molecule has 0 fully saturated rings. The molecule has 1 aromatic carbocycles. The molecule has 0 spiro atoms. The van der Waals surface area contributed by atoms with Crippen molar-refractivity contribution in [2.45, 2.75) is 25.4 Å². The van der Waals surface area contributed by atoms with E-state index in [0.29, 0.717) is 11.4 Å². The number of carbonyl (C=O) groups is 3. The van der Waals surface area contributed by atoms with Gasteiger partial charge in [-0.3, -0.25) is 9.59 Å². The fourth-order valence-corrected chi connectivity index (χ4v) is 2.89. The Labute approximate surface area is 148 Å². The number of halogens is 1. The largest absolute Gasteiger partial charge is 0.480 e. The van der Waals surface area contributed by atoms with Crippen LogP contribution in [0.3, 0.4) is 0 Å². The second kappa shape index (κ2) is 7.34. The van der Waals surface area contributed by atoms with Crippen molar-refractivity contribution < 1.29 is 23.9 Å². The lowest BCUT2D eigenvalue weighted by molar-refractivity contribution is -0.151. The van der Waals surface area contributed by atoms with Crippen molar-refractivity contribution in [1.82, 2.24) is 20.2 Å². The van der Waals surface area contributed by atoms with Crippen molar-refractivity contribution in [2.24, 2.45) is 0 Å². The molecular weight excluding hydrogens is 343 g/mol. The van der Waals surface area contributed by atoms with Crippen molar-refractivity contribution >= 4 is 17.8 Å². The zero-order valence-electron chi connectivity index (χ0n) is 13.7. The summed E-state index contributed by atoms with van der Waals surface area (Å²) < 4.78 is 13.6. The van der Waals surface area contributed by atoms with Crippen LogP contribution in [0.4, 0.5) is 4.39 Å². The van der Waals surface area contributed by atoms with Crippen LogP contribution in [0.15, 0.2) is 30.6 Å². The van der Waals surface area contributed by atoms with Gasteiger partial charge in [0.25, 0.3) is 5.91 Å². The van der Waals surface area contributed by atoms with Gasteiger partial charge in [0.05, 0.1) is 29.8 Å². The number of benzene rings is 1. The number of carbonyl (C=O) groups excluding carboxylic acids is 2. The minimum absolute atomic E-state index is 0.0231. The zero-order chi connectivity index (χ0) is 18.7. The molecule has 0 saturated heterocycles. The number of fused-ring (bicyclic) bond motifs is 1. The molecule has 1 aliphatic rings.